The fraction of sp³-hybridized carbons (Fsp3) is 0.636. The lowest BCUT2D eigenvalue weighted by Crippen LogP contribution is -2.33. The number of carbonyl (C=O) groups excluding carboxylic acids is 1. The van der Waals surface area contributed by atoms with E-state index in [0.29, 0.717) is 6.42 Å². The van der Waals surface area contributed by atoms with Crippen LogP contribution in [-0.2, 0) is 17.6 Å². The van der Waals surface area contributed by atoms with Gasteiger partial charge in [0.05, 0.1) is 10.7 Å². The lowest BCUT2D eigenvalue weighted by Gasteiger charge is -2.22. The lowest BCUT2D eigenvalue weighted by atomic mass is 10.1. The smallest absolute Gasteiger partial charge is 0.405 e. The summed E-state index contributed by atoms with van der Waals surface area (Å²) in [5, 5.41) is 0.987. The van der Waals surface area contributed by atoms with E-state index in [2.05, 4.69) is 11.9 Å². The Bertz CT molecular complexity index is 385. The predicted molar refractivity (Wildman–Crippen MR) is 64.7 cm³/mol. The molecule has 1 heterocycles. The Morgan fingerprint density at radius 3 is 2.62 bits per heavy atom. The summed E-state index contributed by atoms with van der Waals surface area (Å²) in [7, 11) is 0. The van der Waals surface area contributed by atoms with Gasteiger partial charge in [0, 0.05) is 11.3 Å². The molecule has 0 aromatic carbocycles. The molecule has 0 atom stereocenters. The summed E-state index contributed by atoms with van der Waals surface area (Å²) in [6, 6.07) is 0. The zero-order valence-electron chi connectivity index (χ0n) is 10.2. The quantitative estimate of drug-likeness (QED) is 0.881. The van der Waals surface area contributed by atoms with Crippen molar-refractivity contribution in [1.82, 2.24) is 4.98 Å². The number of aryl methyl sites for hydroxylation is 2. The molecule has 16 heavy (non-hydrogen) atoms. The summed E-state index contributed by atoms with van der Waals surface area (Å²) in [4.78, 5) is 16.5. The molecule has 0 saturated carbocycles. The van der Waals surface area contributed by atoms with Crippen LogP contribution in [0, 0.1) is 6.92 Å². The number of amides is 1. The molecule has 0 bridgehead atoms. The van der Waals surface area contributed by atoms with Gasteiger partial charge in [-0.3, -0.25) is 0 Å². The third-order valence-electron chi connectivity index (χ3n) is 2.21. The van der Waals surface area contributed by atoms with Gasteiger partial charge < -0.3 is 10.5 Å². The van der Waals surface area contributed by atoms with Crippen molar-refractivity contribution in [2.45, 2.75) is 46.1 Å². The number of rotatable bonds is 4. The minimum atomic E-state index is -0.742. The Balaban J connectivity index is 2.75. The molecule has 1 aromatic heterocycles. The summed E-state index contributed by atoms with van der Waals surface area (Å²) in [5.41, 5.74) is 5.49. The zero-order chi connectivity index (χ0) is 12.3. The number of nitrogens with two attached hydrogens (primary N) is 1. The fourth-order valence-corrected chi connectivity index (χ4v) is 2.79. The van der Waals surface area contributed by atoms with Gasteiger partial charge in [0.2, 0.25) is 0 Å². The van der Waals surface area contributed by atoms with Crippen LogP contribution in [0.15, 0.2) is 0 Å². The van der Waals surface area contributed by atoms with Crippen LogP contribution in [0.1, 0.15) is 36.3 Å². The van der Waals surface area contributed by atoms with Crippen molar-refractivity contribution in [3.05, 3.63) is 15.6 Å². The molecule has 5 heteroatoms. The minimum absolute atomic E-state index is 0.596. The Kier molecular flexibility index (Phi) is 3.91. The Morgan fingerprint density at radius 2 is 2.19 bits per heavy atom. The van der Waals surface area contributed by atoms with Gasteiger partial charge in [0.25, 0.3) is 0 Å². The van der Waals surface area contributed by atoms with Crippen LogP contribution >= 0.6 is 11.3 Å². The molecule has 0 spiro atoms. The number of primary amides is 1. The van der Waals surface area contributed by atoms with Gasteiger partial charge >= 0.3 is 6.09 Å². The molecule has 0 fully saturated rings. The average Bonchev–Trinajstić information content (AvgIpc) is 2.42. The minimum Gasteiger partial charge on any atom is -0.443 e. The van der Waals surface area contributed by atoms with E-state index < -0.39 is 11.7 Å². The Morgan fingerprint density at radius 1 is 1.56 bits per heavy atom. The fourth-order valence-electron chi connectivity index (χ4n) is 1.56. The maximum absolute atomic E-state index is 10.7. The molecule has 0 unspecified atom stereocenters. The average molecular weight is 242 g/mol. The van der Waals surface area contributed by atoms with Crippen molar-refractivity contribution in [1.29, 1.82) is 0 Å². The molecule has 4 nitrogen and oxygen atoms in total. The summed E-state index contributed by atoms with van der Waals surface area (Å²) >= 11 is 1.67. The summed E-state index contributed by atoms with van der Waals surface area (Å²) in [5.74, 6) is 0. The highest BCUT2D eigenvalue weighted by Crippen LogP contribution is 2.24. The van der Waals surface area contributed by atoms with Crippen LogP contribution in [0.3, 0.4) is 0 Å². The first-order valence-corrected chi connectivity index (χ1v) is 6.09. The summed E-state index contributed by atoms with van der Waals surface area (Å²) in [6.07, 6.45) is 0.844. The van der Waals surface area contributed by atoms with E-state index in [1.165, 1.54) is 4.88 Å². The standard InChI is InChI=1S/C11H18N2O2S/c1-5-8-7(2)13-9(16-8)6-11(3,4)15-10(12)14/h5-6H2,1-4H3,(H2,12,14). The van der Waals surface area contributed by atoms with Crippen LogP contribution in [-0.4, -0.2) is 16.7 Å². The molecule has 0 aliphatic carbocycles. The topological polar surface area (TPSA) is 65.2 Å². The number of thiazole rings is 1. The van der Waals surface area contributed by atoms with E-state index in [1.54, 1.807) is 11.3 Å². The molecule has 0 radical (unpaired) electrons. The van der Waals surface area contributed by atoms with Crippen molar-refractivity contribution >= 4 is 17.4 Å². The molecule has 1 rings (SSSR count). The summed E-state index contributed by atoms with van der Waals surface area (Å²) in [6.45, 7) is 7.77. The highest BCUT2D eigenvalue weighted by atomic mass is 32.1. The SMILES string of the molecule is CCc1sc(CC(C)(C)OC(N)=O)nc1C. The molecular formula is C11H18N2O2S. The van der Waals surface area contributed by atoms with Crippen LogP contribution in [0.4, 0.5) is 4.79 Å². The molecule has 90 valence electrons. The molecule has 1 amide bonds. The van der Waals surface area contributed by atoms with E-state index >= 15 is 0 Å². The van der Waals surface area contributed by atoms with Crippen LogP contribution < -0.4 is 5.73 Å². The second kappa shape index (κ2) is 4.82. The van der Waals surface area contributed by atoms with Gasteiger partial charge in [-0.2, -0.15) is 0 Å². The van der Waals surface area contributed by atoms with Crippen molar-refractivity contribution in [2.75, 3.05) is 0 Å². The number of carbonyl (C=O) groups is 1. The van der Waals surface area contributed by atoms with Gasteiger partial charge in [-0.05, 0) is 27.2 Å². The van der Waals surface area contributed by atoms with Crippen molar-refractivity contribution in [2.24, 2.45) is 5.73 Å². The van der Waals surface area contributed by atoms with E-state index in [4.69, 9.17) is 10.5 Å². The molecule has 0 aliphatic rings. The van der Waals surface area contributed by atoms with Crippen LogP contribution in [0.25, 0.3) is 0 Å². The van der Waals surface area contributed by atoms with E-state index in [1.807, 2.05) is 20.8 Å². The molecule has 1 aromatic rings. The first kappa shape index (κ1) is 13.0. The van der Waals surface area contributed by atoms with Crippen LogP contribution in [0.2, 0.25) is 0 Å². The second-order valence-electron chi connectivity index (χ2n) is 4.33. The third-order valence-corrected chi connectivity index (χ3v) is 3.51. The number of hydrogen-bond donors (Lipinski definition) is 1. The first-order valence-electron chi connectivity index (χ1n) is 5.27. The van der Waals surface area contributed by atoms with Crippen molar-refractivity contribution in [3.8, 4) is 0 Å². The van der Waals surface area contributed by atoms with Crippen molar-refractivity contribution < 1.29 is 9.53 Å². The Hall–Kier alpha value is -1.10. The molecule has 2 N–H and O–H groups in total. The van der Waals surface area contributed by atoms with E-state index in [0.717, 1.165) is 17.1 Å². The molecule has 0 saturated heterocycles. The number of aromatic nitrogens is 1. The second-order valence-corrected chi connectivity index (χ2v) is 5.50. The monoisotopic (exact) mass is 242 g/mol. The normalized spacial score (nSPS) is 11.5. The number of hydrogen-bond acceptors (Lipinski definition) is 4. The highest BCUT2D eigenvalue weighted by molar-refractivity contribution is 7.11. The van der Waals surface area contributed by atoms with Crippen LogP contribution in [0.5, 0.6) is 0 Å². The van der Waals surface area contributed by atoms with Gasteiger partial charge in [0.1, 0.15) is 5.60 Å². The maximum atomic E-state index is 10.7. The Labute approximate surface area is 99.8 Å². The van der Waals surface area contributed by atoms with E-state index in [-0.39, 0.29) is 0 Å². The zero-order valence-corrected chi connectivity index (χ0v) is 11.0. The van der Waals surface area contributed by atoms with Gasteiger partial charge in [-0.15, -0.1) is 11.3 Å². The van der Waals surface area contributed by atoms with E-state index in [9.17, 15) is 4.79 Å². The van der Waals surface area contributed by atoms with Gasteiger partial charge in [-0.1, -0.05) is 6.92 Å². The molecular weight excluding hydrogens is 224 g/mol. The first-order chi connectivity index (χ1) is 7.34. The molecule has 0 aliphatic heterocycles. The largest absolute Gasteiger partial charge is 0.443 e. The number of ether oxygens (including phenoxy) is 1. The third kappa shape index (κ3) is 3.48. The maximum Gasteiger partial charge on any atom is 0.405 e. The number of nitrogens with zero attached hydrogens (tertiary/aromatic N) is 1. The lowest BCUT2D eigenvalue weighted by molar-refractivity contribution is 0.0460. The van der Waals surface area contributed by atoms with Gasteiger partial charge in [-0.25, -0.2) is 9.78 Å². The highest BCUT2D eigenvalue weighted by Gasteiger charge is 2.24. The van der Waals surface area contributed by atoms with Gasteiger partial charge in [0.15, 0.2) is 0 Å². The van der Waals surface area contributed by atoms with Crippen molar-refractivity contribution in [3.63, 3.8) is 0 Å². The summed E-state index contributed by atoms with van der Waals surface area (Å²) < 4.78 is 5.03. The predicted octanol–water partition coefficient (Wildman–Crippen LogP) is 2.43.